The smallest absolute Gasteiger partial charge is 0.00417 e. The summed E-state index contributed by atoms with van der Waals surface area (Å²) >= 11 is 2.26. The fraction of sp³-hybridized carbons (Fsp3) is 0.933. The molecule has 0 N–H and O–H groups in total. The van der Waals surface area contributed by atoms with Gasteiger partial charge in [0.15, 0.2) is 0 Å². The molecule has 0 radical (unpaired) electrons. The molecule has 0 amide bonds. The van der Waals surface area contributed by atoms with Gasteiger partial charge in [-0.05, 0) is 129 Å². The highest BCUT2D eigenvalue weighted by atomic mass is 32.2. The number of fused-ring (bicyclic) bond motifs is 2. The molecule has 0 aromatic heterocycles. The minimum atomic E-state index is 0.685. The summed E-state index contributed by atoms with van der Waals surface area (Å²) in [5.74, 6) is 10.2. The van der Waals surface area contributed by atoms with Crippen LogP contribution in [-0.4, -0.2) is 11.5 Å². The van der Waals surface area contributed by atoms with Crippen LogP contribution >= 0.6 is 11.8 Å². The van der Waals surface area contributed by atoms with E-state index in [0.29, 0.717) is 5.41 Å². The van der Waals surface area contributed by atoms with Crippen molar-refractivity contribution in [2.75, 3.05) is 11.5 Å². The topological polar surface area (TPSA) is 0 Å². The quantitative estimate of drug-likeness (QED) is 0.190. The number of hydrogen-bond donors (Lipinski definition) is 0. The van der Waals surface area contributed by atoms with E-state index in [2.05, 4.69) is 38.3 Å². The second-order valence-electron chi connectivity index (χ2n) is 12.8. The van der Waals surface area contributed by atoms with Crippen LogP contribution in [0, 0.1) is 46.8 Å². The summed E-state index contributed by atoms with van der Waals surface area (Å²) in [7, 11) is 0. The second-order valence-corrected chi connectivity index (χ2v) is 13.9. The monoisotopic (exact) mass is 444 g/mol. The Labute approximate surface area is 199 Å². The molecule has 178 valence electrons. The lowest BCUT2D eigenvalue weighted by molar-refractivity contribution is 0.183. The largest absolute Gasteiger partial charge is 0.162 e. The average Bonchev–Trinajstić information content (AvgIpc) is 3.68. The summed E-state index contributed by atoms with van der Waals surface area (Å²) in [4.78, 5) is 0. The van der Waals surface area contributed by atoms with E-state index in [0.717, 1.165) is 41.4 Å². The van der Waals surface area contributed by atoms with Gasteiger partial charge in [0.25, 0.3) is 0 Å². The zero-order valence-corrected chi connectivity index (χ0v) is 21.8. The predicted octanol–water partition coefficient (Wildman–Crippen LogP) is 9.54. The Kier molecular flexibility index (Phi) is 8.97. The Morgan fingerprint density at radius 1 is 1.03 bits per heavy atom. The average molecular weight is 445 g/mol. The SMILES string of the molecule is C=CCCC(CC[C@@]1(C)CC2CC2CC2CC21)CC(C)CSCCCC1CCCCC1. The van der Waals surface area contributed by atoms with E-state index in [4.69, 9.17) is 0 Å². The molecule has 0 heterocycles. The molecule has 6 unspecified atom stereocenters. The number of allylic oxidation sites excluding steroid dienone is 1. The molecule has 0 aliphatic heterocycles. The van der Waals surface area contributed by atoms with Gasteiger partial charge >= 0.3 is 0 Å². The van der Waals surface area contributed by atoms with Gasteiger partial charge in [0.1, 0.15) is 0 Å². The first-order chi connectivity index (χ1) is 15.1. The molecule has 7 atom stereocenters. The van der Waals surface area contributed by atoms with Crippen molar-refractivity contribution in [3.8, 4) is 0 Å². The first-order valence-electron chi connectivity index (χ1n) is 14.3. The lowest BCUT2D eigenvalue weighted by Crippen LogP contribution is -2.22. The van der Waals surface area contributed by atoms with Crippen molar-refractivity contribution in [2.24, 2.45) is 46.8 Å². The van der Waals surface area contributed by atoms with Crippen LogP contribution in [0.4, 0.5) is 0 Å². The summed E-state index contributed by atoms with van der Waals surface area (Å²) in [6, 6.07) is 0. The number of hydrogen-bond acceptors (Lipinski definition) is 1. The molecular weight excluding hydrogens is 392 g/mol. The van der Waals surface area contributed by atoms with Crippen molar-refractivity contribution >= 4 is 11.8 Å². The van der Waals surface area contributed by atoms with Crippen molar-refractivity contribution in [1.82, 2.24) is 0 Å². The third-order valence-corrected chi connectivity index (χ3v) is 11.3. The van der Waals surface area contributed by atoms with E-state index in [1.165, 1.54) is 88.6 Å². The highest BCUT2D eigenvalue weighted by Crippen LogP contribution is 2.67. The molecule has 4 saturated carbocycles. The third-order valence-electron chi connectivity index (χ3n) is 9.89. The van der Waals surface area contributed by atoms with Gasteiger partial charge in [0, 0.05) is 0 Å². The van der Waals surface area contributed by atoms with Gasteiger partial charge in [-0.15, -0.1) is 6.58 Å². The van der Waals surface area contributed by atoms with E-state index in [1.807, 2.05) is 0 Å². The molecular formula is C30H52S. The second kappa shape index (κ2) is 11.5. The third kappa shape index (κ3) is 7.28. The standard InChI is InChI=1S/C30H52S/c1-4-5-10-25(14-15-30(3)21-28-19-26(28)18-27-20-29(27)30)17-23(2)22-31-16-9-13-24-11-7-6-8-12-24/h4,23-29H,1,5-22H2,2-3H3/t23?,25?,26?,27?,28?,29?,30-/m0/s1. The maximum atomic E-state index is 4.03. The highest BCUT2D eigenvalue weighted by Gasteiger charge is 2.58. The summed E-state index contributed by atoms with van der Waals surface area (Å²) in [6.07, 6.45) is 26.1. The lowest BCUT2D eigenvalue weighted by atomic mass is 9.73. The van der Waals surface area contributed by atoms with Gasteiger partial charge in [-0.3, -0.25) is 0 Å². The molecule has 31 heavy (non-hydrogen) atoms. The van der Waals surface area contributed by atoms with Gasteiger partial charge in [-0.2, -0.15) is 11.8 Å². The molecule has 0 saturated heterocycles. The molecule has 4 aliphatic rings. The van der Waals surface area contributed by atoms with Crippen LogP contribution < -0.4 is 0 Å². The molecule has 0 bridgehead atoms. The fourth-order valence-corrected chi connectivity index (χ4v) is 8.85. The summed E-state index contributed by atoms with van der Waals surface area (Å²) in [5.41, 5.74) is 0.685. The van der Waals surface area contributed by atoms with Gasteiger partial charge in [0.05, 0.1) is 0 Å². The van der Waals surface area contributed by atoms with Crippen LogP contribution in [0.1, 0.15) is 117 Å². The van der Waals surface area contributed by atoms with Gasteiger partial charge in [-0.25, -0.2) is 0 Å². The van der Waals surface area contributed by atoms with E-state index < -0.39 is 0 Å². The van der Waals surface area contributed by atoms with E-state index >= 15 is 0 Å². The molecule has 1 heteroatoms. The van der Waals surface area contributed by atoms with E-state index in [-0.39, 0.29) is 0 Å². The van der Waals surface area contributed by atoms with Crippen molar-refractivity contribution in [3.63, 3.8) is 0 Å². The molecule has 0 nitrogen and oxygen atoms in total. The fourth-order valence-electron chi connectivity index (χ4n) is 7.78. The minimum absolute atomic E-state index is 0.685. The first-order valence-corrected chi connectivity index (χ1v) is 15.4. The first kappa shape index (κ1) is 24.2. The minimum Gasteiger partial charge on any atom is -0.162 e. The van der Waals surface area contributed by atoms with Crippen molar-refractivity contribution in [1.29, 1.82) is 0 Å². The Morgan fingerprint density at radius 2 is 1.84 bits per heavy atom. The van der Waals surface area contributed by atoms with Crippen LogP contribution in [0.5, 0.6) is 0 Å². The Balaban J connectivity index is 1.14. The van der Waals surface area contributed by atoms with Gasteiger partial charge in [-0.1, -0.05) is 52.0 Å². The van der Waals surface area contributed by atoms with E-state index in [1.54, 1.807) is 25.7 Å². The summed E-state index contributed by atoms with van der Waals surface area (Å²) < 4.78 is 0. The lowest BCUT2D eigenvalue weighted by Gasteiger charge is -2.32. The molecule has 0 spiro atoms. The predicted molar refractivity (Wildman–Crippen MR) is 140 cm³/mol. The number of thioether (sulfide) groups is 1. The molecule has 0 aromatic rings. The van der Waals surface area contributed by atoms with Crippen molar-refractivity contribution in [2.45, 2.75) is 117 Å². The normalized spacial score (nSPS) is 36.7. The summed E-state index contributed by atoms with van der Waals surface area (Å²) in [6.45, 7) is 9.25. The highest BCUT2D eigenvalue weighted by molar-refractivity contribution is 7.99. The van der Waals surface area contributed by atoms with Crippen LogP contribution in [0.15, 0.2) is 12.7 Å². The van der Waals surface area contributed by atoms with Crippen molar-refractivity contribution in [3.05, 3.63) is 12.7 Å². The van der Waals surface area contributed by atoms with E-state index in [9.17, 15) is 0 Å². The zero-order valence-electron chi connectivity index (χ0n) is 21.0. The molecule has 0 aromatic carbocycles. The molecule has 4 aliphatic carbocycles. The van der Waals surface area contributed by atoms with Crippen molar-refractivity contribution < 1.29 is 0 Å². The Hall–Kier alpha value is 0.0900. The maximum Gasteiger partial charge on any atom is -0.00417 e. The Bertz CT molecular complexity index is 549. The summed E-state index contributed by atoms with van der Waals surface area (Å²) in [5, 5.41) is 0. The number of rotatable bonds is 14. The van der Waals surface area contributed by atoms with Crippen LogP contribution in [0.3, 0.4) is 0 Å². The van der Waals surface area contributed by atoms with Crippen LogP contribution in [0.25, 0.3) is 0 Å². The van der Waals surface area contributed by atoms with Gasteiger partial charge in [0.2, 0.25) is 0 Å². The Morgan fingerprint density at radius 3 is 2.65 bits per heavy atom. The van der Waals surface area contributed by atoms with Crippen LogP contribution in [0.2, 0.25) is 0 Å². The zero-order chi connectivity index (χ0) is 21.7. The maximum absolute atomic E-state index is 4.03. The molecule has 4 fully saturated rings. The van der Waals surface area contributed by atoms with Gasteiger partial charge < -0.3 is 0 Å². The van der Waals surface area contributed by atoms with Crippen LogP contribution in [-0.2, 0) is 0 Å². The molecule has 4 rings (SSSR count).